The molecule has 0 unspecified atom stereocenters. The number of hydrogen-bond donors (Lipinski definition) is 2. The molecule has 2 heterocycles. The number of hydrogen-bond acceptors (Lipinski definition) is 4. The molecule has 2 saturated heterocycles. The van der Waals surface area contributed by atoms with Crippen LogP contribution in [0.2, 0.25) is 0 Å². The van der Waals surface area contributed by atoms with E-state index in [9.17, 15) is 4.79 Å². The number of nitrogens with one attached hydrogen (secondary N) is 2. The number of amides is 1. The summed E-state index contributed by atoms with van der Waals surface area (Å²) >= 11 is 0. The fourth-order valence-corrected chi connectivity index (χ4v) is 3.16. The van der Waals surface area contributed by atoms with Crippen LogP contribution in [0.4, 0.5) is 0 Å². The SMILES string of the molecule is O=C(CN1CCC(NC2CC2)CC1)NC1CCOCC1. The van der Waals surface area contributed by atoms with Crippen LogP contribution in [0.1, 0.15) is 38.5 Å². The summed E-state index contributed by atoms with van der Waals surface area (Å²) in [6, 6.07) is 1.80. The van der Waals surface area contributed by atoms with Crippen molar-refractivity contribution in [3.8, 4) is 0 Å². The van der Waals surface area contributed by atoms with Crippen LogP contribution in [0, 0.1) is 0 Å². The summed E-state index contributed by atoms with van der Waals surface area (Å²) in [6.07, 6.45) is 6.99. The van der Waals surface area contributed by atoms with Crippen LogP contribution in [-0.4, -0.2) is 61.8 Å². The zero-order valence-corrected chi connectivity index (χ0v) is 12.3. The standard InChI is InChI=1S/C15H27N3O2/c19-15(17-14-5-9-20-10-6-14)11-18-7-3-13(4-8-18)16-12-1-2-12/h12-14,16H,1-11H2,(H,17,19). The zero-order valence-electron chi connectivity index (χ0n) is 12.3. The molecule has 1 amide bonds. The highest BCUT2D eigenvalue weighted by atomic mass is 16.5. The molecular weight excluding hydrogens is 254 g/mol. The van der Waals surface area contributed by atoms with Gasteiger partial charge in [-0.3, -0.25) is 9.69 Å². The fraction of sp³-hybridized carbons (Fsp3) is 0.933. The van der Waals surface area contributed by atoms with Crippen molar-refractivity contribution in [1.29, 1.82) is 0 Å². The Hall–Kier alpha value is -0.650. The van der Waals surface area contributed by atoms with Gasteiger partial charge in [-0.05, 0) is 38.5 Å². The molecule has 2 N–H and O–H groups in total. The number of carbonyl (C=O) groups excluding carboxylic acids is 1. The van der Waals surface area contributed by atoms with Crippen molar-refractivity contribution in [1.82, 2.24) is 15.5 Å². The van der Waals surface area contributed by atoms with Gasteiger partial charge >= 0.3 is 0 Å². The molecule has 3 aliphatic rings. The summed E-state index contributed by atoms with van der Waals surface area (Å²) in [4.78, 5) is 14.3. The number of rotatable bonds is 5. The predicted octanol–water partition coefficient (Wildman–Crippen LogP) is 0.498. The third-order valence-corrected chi connectivity index (χ3v) is 4.59. The Morgan fingerprint density at radius 2 is 1.60 bits per heavy atom. The lowest BCUT2D eigenvalue weighted by molar-refractivity contribution is -0.123. The Kier molecular flexibility index (Phi) is 4.91. The molecule has 0 aromatic heterocycles. The molecule has 0 aromatic rings. The van der Waals surface area contributed by atoms with Crippen molar-refractivity contribution < 1.29 is 9.53 Å². The predicted molar refractivity (Wildman–Crippen MR) is 77.6 cm³/mol. The van der Waals surface area contributed by atoms with E-state index in [1.54, 1.807) is 0 Å². The Balaban J connectivity index is 1.32. The van der Waals surface area contributed by atoms with Crippen LogP contribution in [-0.2, 0) is 9.53 Å². The summed E-state index contributed by atoms with van der Waals surface area (Å²) in [5.41, 5.74) is 0. The Morgan fingerprint density at radius 1 is 0.950 bits per heavy atom. The van der Waals surface area contributed by atoms with Gasteiger partial charge in [0, 0.05) is 44.4 Å². The smallest absolute Gasteiger partial charge is 0.234 e. The molecule has 0 aromatic carbocycles. The van der Waals surface area contributed by atoms with E-state index in [0.29, 0.717) is 18.6 Å². The Labute approximate surface area is 121 Å². The third-order valence-electron chi connectivity index (χ3n) is 4.59. The zero-order chi connectivity index (χ0) is 13.8. The van der Waals surface area contributed by atoms with Crippen LogP contribution in [0.3, 0.4) is 0 Å². The molecule has 20 heavy (non-hydrogen) atoms. The average Bonchev–Trinajstić information content (AvgIpc) is 3.26. The molecule has 1 saturated carbocycles. The molecule has 0 radical (unpaired) electrons. The topological polar surface area (TPSA) is 53.6 Å². The molecule has 3 rings (SSSR count). The molecule has 5 heteroatoms. The van der Waals surface area contributed by atoms with Crippen molar-refractivity contribution >= 4 is 5.91 Å². The maximum absolute atomic E-state index is 12.0. The molecular formula is C15H27N3O2. The van der Waals surface area contributed by atoms with E-state index in [1.165, 1.54) is 25.7 Å². The molecule has 5 nitrogen and oxygen atoms in total. The number of ether oxygens (including phenoxy) is 1. The highest BCUT2D eigenvalue weighted by Crippen LogP contribution is 2.22. The van der Waals surface area contributed by atoms with Crippen LogP contribution >= 0.6 is 0 Å². The van der Waals surface area contributed by atoms with Crippen LogP contribution < -0.4 is 10.6 Å². The van der Waals surface area contributed by atoms with Gasteiger partial charge in [0.1, 0.15) is 0 Å². The van der Waals surface area contributed by atoms with Crippen molar-refractivity contribution in [2.75, 3.05) is 32.8 Å². The molecule has 114 valence electrons. The van der Waals surface area contributed by atoms with Gasteiger partial charge in [-0.1, -0.05) is 0 Å². The van der Waals surface area contributed by atoms with E-state index in [1.807, 2.05) is 0 Å². The minimum atomic E-state index is 0.186. The van der Waals surface area contributed by atoms with Gasteiger partial charge < -0.3 is 15.4 Å². The second kappa shape index (κ2) is 6.87. The second-order valence-corrected chi connectivity index (χ2v) is 6.45. The number of piperidine rings is 1. The van der Waals surface area contributed by atoms with Gasteiger partial charge in [0.15, 0.2) is 0 Å². The van der Waals surface area contributed by atoms with Gasteiger partial charge in [0.25, 0.3) is 0 Å². The fourth-order valence-electron chi connectivity index (χ4n) is 3.16. The summed E-state index contributed by atoms with van der Waals surface area (Å²) in [5.74, 6) is 0.186. The first-order valence-electron chi connectivity index (χ1n) is 8.15. The molecule has 0 bridgehead atoms. The van der Waals surface area contributed by atoms with Crippen LogP contribution in [0.15, 0.2) is 0 Å². The van der Waals surface area contributed by atoms with E-state index in [2.05, 4.69) is 15.5 Å². The van der Waals surface area contributed by atoms with Crippen molar-refractivity contribution in [3.63, 3.8) is 0 Å². The van der Waals surface area contributed by atoms with E-state index < -0.39 is 0 Å². The number of nitrogens with zero attached hydrogens (tertiary/aromatic N) is 1. The largest absolute Gasteiger partial charge is 0.381 e. The minimum Gasteiger partial charge on any atom is -0.381 e. The van der Waals surface area contributed by atoms with Gasteiger partial charge in [0.2, 0.25) is 5.91 Å². The van der Waals surface area contributed by atoms with Crippen LogP contribution in [0.5, 0.6) is 0 Å². The highest BCUT2D eigenvalue weighted by Gasteiger charge is 2.27. The average molecular weight is 281 g/mol. The Morgan fingerprint density at radius 3 is 2.25 bits per heavy atom. The lowest BCUT2D eigenvalue weighted by Gasteiger charge is -2.32. The molecule has 3 fully saturated rings. The van der Waals surface area contributed by atoms with Crippen molar-refractivity contribution in [2.45, 2.75) is 56.7 Å². The third kappa shape index (κ3) is 4.43. The normalized spacial score (nSPS) is 26.6. The van der Waals surface area contributed by atoms with E-state index in [-0.39, 0.29) is 5.91 Å². The second-order valence-electron chi connectivity index (χ2n) is 6.45. The highest BCUT2D eigenvalue weighted by molar-refractivity contribution is 5.78. The monoisotopic (exact) mass is 281 g/mol. The van der Waals surface area contributed by atoms with E-state index in [0.717, 1.165) is 45.2 Å². The minimum absolute atomic E-state index is 0.186. The maximum atomic E-state index is 12.0. The number of likely N-dealkylation sites (tertiary alicyclic amines) is 1. The van der Waals surface area contributed by atoms with Crippen molar-refractivity contribution in [3.05, 3.63) is 0 Å². The lowest BCUT2D eigenvalue weighted by Crippen LogP contribution is -2.48. The van der Waals surface area contributed by atoms with Gasteiger partial charge in [-0.2, -0.15) is 0 Å². The lowest BCUT2D eigenvalue weighted by atomic mass is 10.0. The van der Waals surface area contributed by atoms with Gasteiger partial charge in [-0.25, -0.2) is 0 Å². The number of carbonyl (C=O) groups is 1. The van der Waals surface area contributed by atoms with E-state index >= 15 is 0 Å². The molecule has 2 aliphatic heterocycles. The van der Waals surface area contributed by atoms with E-state index in [4.69, 9.17) is 4.74 Å². The summed E-state index contributed by atoms with van der Waals surface area (Å²) in [5, 5.41) is 6.83. The van der Waals surface area contributed by atoms with Crippen molar-refractivity contribution in [2.24, 2.45) is 0 Å². The van der Waals surface area contributed by atoms with Crippen LogP contribution in [0.25, 0.3) is 0 Å². The molecule has 1 aliphatic carbocycles. The van der Waals surface area contributed by atoms with Gasteiger partial charge in [0.05, 0.1) is 6.54 Å². The summed E-state index contributed by atoms with van der Waals surface area (Å²) in [7, 11) is 0. The maximum Gasteiger partial charge on any atom is 0.234 e. The first-order chi connectivity index (χ1) is 9.79. The first-order valence-corrected chi connectivity index (χ1v) is 8.15. The van der Waals surface area contributed by atoms with Gasteiger partial charge in [-0.15, -0.1) is 0 Å². The molecule has 0 atom stereocenters. The Bertz CT molecular complexity index is 319. The molecule has 0 spiro atoms. The summed E-state index contributed by atoms with van der Waals surface area (Å²) in [6.45, 7) is 4.22. The quantitative estimate of drug-likeness (QED) is 0.770. The first kappa shape index (κ1) is 14.3. The summed E-state index contributed by atoms with van der Waals surface area (Å²) < 4.78 is 5.31.